The van der Waals surface area contributed by atoms with Crippen molar-refractivity contribution >= 4 is 17.8 Å². The van der Waals surface area contributed by atoms with Gasteiger partial charge in [-0.05, 0) is 24.5 Å². The van der Waals surface area contributed by atoms with Gasteiger partial charge in [-0.1, -0.05) is 13.0 Å². The van der Waals surface area contributed by atoms with Crippen LogP contribution >= 0.6 is 0 Å². The van der Waals surface area contributed by atoms with Crippen molar-refractivity contribution in [3.05, 3.63) is 30.1 Å². The minimum atomic E-state index is 0.188. The summed E-state index contributed by atoms with van der Waals surface area (Å²) in [5, 5.41) is 0. The van der Waals surface area contributed by atoms with Crippen LogP contribution < -0.4 is 4.90 Å². The maximum atomic E-state index is 11.4. The van der Waals surface area contributed by atoms with E-state index < -0.39 is 0 Å². The number of aldehydes is 1. The number of aromatic nitrogens is 2. The van der Waals surface area contributed by atoms with Gasteiger partial charge in [0.2, 0.25) is 0 Å². The summed E-state index contributed by atoms with van der Waals surface area (Å²) in [4.78, 5) is 18.2. The van der Waals surface area contributed by atoms with E-state index in [0.29, 0.717) is 11.6 Å². The Morgan fingerprint density at radius 1 is 1.45 bits per heavy atom. The Morgan fingerprint density at radius 3 is 3.05 bits per heavy atom. The van der Waals surface area contributed by atoms with E-state index in [1.807, 2.05) is 28.8 Å². The van der Waals surface area contributed by atoms with Crippen molar-refractivity contribution in [2.24, 2.45) is 5.92 Å². The lowest BCUT2D eigenvalue weighted by Gasteiger charge is -2.36. The lowest BCUT2D eigenvalue weighted by atomic mass is 9.96. The largest absolute Gasteiger partial charge is 0.379 e. The van der Waals surface area contributed by atoms with E-state index in [1.165, 1.54) is 0 Å². The lowest BCUT2D eigenvalue weighted by molar-refractivity contribution is 0.0496. The minimum Gasteiger partial charge on any atom is -0.379 e. The molecule has 2 unspecified atom stereocenters. The van der Waals surface area contributed by atoms with Crippen LogP contribution in [0.25, 0.3) is 5.65 Å². The first-order chi connectivity index (χ1) is 9.74. The molecule has 1 fully saturated rings. The smallest absolute Gasteiger partial charge is 0.170 e. The van der Waals surface area contributed by atoms with E-state index in [2.05, 4.69) is 16.8 Å². The van der Waals surface area contributed by atoms with Gasteiger partial charge in [0.15, 0.2) is 12.1 Å². The highest BCUT2D eigenvalue weighted by Gasteiger charge is 2.29. The first-order valence-corrected chi connectivity index (χ1v) is 6.94. The van der Waals surface area contributed by atoms with Crippen LogP contribution in [0, 0.1) is 5.92 Å². The molecule has 2 aromatic heterocycles. The zero-order valence-electron chi connectivity index (χ0n) is 11.8. The number of anilines is 1. The topological polar surface area (TPSA) is 46.8 Å². The highest BCUT2D eigenvalue weighted by Crippen LogP contribution is 2.27. The summed E-state index contributed by atoms with van der Waals surface area (Å²) in [5.41, 5.74) is 1.42. The maximum absolute atomic E-state index is 11.4. The molecule has 2 aromatic rings. The standard InChI is InChI=1S/C15H19N3O2/c1-11-6-8-17(9-13(11)20-2)15-12(10-19)18-7-4-3-5-14(18)16-15/h3-5,7,10-11,13H,6,8-9H2,1-2H3. The van der Waals surface area contributed by atoms with Crippen LogP contribution in [0.4, 0.5) is 5.82 Å². The van der Waals surface area contributed by atoms with Gasteiger partial charge in [-0.25, -0.2) is 4.98 Å². The van der Waals surface area contributed by atoms with Crippen LogP contribution in [0.3, 0.4) is 0 Å². The molecular weight excluding hydrogens is 254 g/mol. The second kappa shape index (κ2) is 5.25. The monoisotopic (exact) mass is 273 g/mol. The summed E-state index contributed by atoms with van der Waals surface area (Å²) < 4.78 is 7.37. The van der Waals surface area contributed by atoms with Gasteiger partial charge in [-0.15, -0.1) is 0 Å². The van der Waals surface area contributed by atoms with Gasteiger partial charge in [0.05, 0.1) is 6.10 Å². The Kier molecular flexibility index (Phi) is 3.44. The maximum Gasteiger partial charge on any atom is 0.170 e. The molecule has 1 saturated heterocycles. The van der Waals surface area contributed by atoms with Crippen LogP contribution in [0.15, 0.2) is 24.4 Å². The van der Waals surface area contributed by atoms with Crippen LogP contribution in [-0.4, -0.2) is 42.0 Å². The zero-order chi connectivity index (χ0) is 14.1. The molecule has 0 spiro atoms. The molecule has 5 nitrogen and oxygen atoms in total. The van der Waals surface area contributed by atoms with Crippen LogP contribution in [0.1, 0.15) is 23.8 Å². The van der Waals surface area contributed by atoms with E-state index in [-0.39, 0.29) is 6.10 Å². The van der Waals surface area contributed by atoms with Gasteiger partial charge in [0.1, 0.15) is 11.3 Å². The van der Waals surface area contributed by atoms with Gasteiger partial charge in [0.25, 0.3) is 0 Å². The predicted molar refractivity (Wildman–Crippen MR) is 77.4 cm³/mol. The van der Waals surface area contributed by atoms with Crippen molar-refractivity contribution in [2.45, 2.75) is 19.4 Å². The second-order valence-corrected chi connectivity index (χ2v) is 5.35. The molecule has 20 heavy (non-hydrogen) atoms. The molecule has 0 saturated carbocycles. The Morgan fingerprint density at radius 2 is 2.30 bits per heavy atom. The zero-order valence-corrected chi connectivity index (χ0v) is 11.8. The fourth-order valence-corrected chi connectivity index (χ4v) is 2.88. The van der Waals surface area contributed by atoms with Crippen LogP contribution in [0.2, 0.25) is 0 Å². The van der Waals surface area contributed by atoms with Crippen molar-refractivity contribution in [2.75, 3.05) is 25.1 Å². The third-order valence-corrected chi connectivity index (χ3v) is 4.15. The molecule has 3 rings (SSSR count). The number of methoxy groups -OCH3 is 1. The first-order valence-electron chi connectivity index (χ1n) is 6.94. The normalized spacial score (nSPS) is 23.2. The Labute approximate surface area is 118 Å². The number of imidazole rings is 1. The number of carbonyl (C=O) groups is 1. The lowest BCUT2D eigenvalue weighted by Crippen LogP contribution is -2.44. The molecule has 0 N–H and O–H groups in total. The number of nitrogens with zero attached hydrogens (tertiary/aromatic N) is 3. The van der Waals surface area contributed by atoms with E-state index in [1.54, 1.807) is 7.11 Å². The van der Waals surface area contributed by atoms with Crippen molar-refractivity contribution in [1.29, 1.82) is 0 Å². The Hall–Kier alpha value is -1.88. The Balaban J connectivity index is 1.99. The van der Waals surface area contributed by atoms with Gasteiger partial charge in [-0.2, -0.15) is 0 Å². The molecule has 2 atom stereocenters. The number of hydrogen-bond donors (Lipinski definition) is 0. The molecule has 106 valence electrons. The molecule has 0 aliphatic carbocycles. The number of pyridine rings is 1. The molecule has 0 aromatic carbocycles. The van der Waals surface area contributed by atoms with Gasteiger partial charge >= 0.3 is 0 Å². The fourth-order valence-electron chi connectivity index (χ4n) is 2.88. The molecule has 0 amide bonds. The number of piperidine rings is 1. The van der Waals surface area contributed by atoms with E-state index >= 15 is 0 Å². The van der Waals surface area contributed by atoms with Crippen LogP contribution in [0.5, 0.6) is 0 Å². The average molecular weight is 273 g/mol. The number of carbonyl (C=O) groups excluding carboxylic acids is 1. The van der Waals surface area contributed by atoms with E-state index in [0.717, 1.165) is 37.3 Å². The molecule has 1 aliphatic rings. The molecule has 1 aliphatic heterocycles. The summed E-state index contributed by atoms with van der Waals surface area (Å²) in [6.45, 7) is 3.89. The van der Waals surface area contributed by atoms with Gasteiger partial charge < -0.3 is 9.64 Å². The summed E-state index contributed by atoms with van der Waals surface area (Å²) in [5.74, 6) is 1.30. The van der Waals surface area contributed by atoms with Crippen molar-refractivity contribution in [3.8, 4) is 0 Å². The van der Waals surface area contributed by atoms with Crippen LogP contribution in [-0.2, 0) is 4.74 Å². The molecule has 3 heterocycles. The first kappa shape index (κ1) is 13.1. The number of ether oxygens (including phenoxy) is 1. The second-order valence-electron chi connectivity index (χ2n) is 5.35. The SMILES string of the molecule is COC1CN(c2nc3ccccn3c2C=O)CCC1C. The van der Waals surface area contributed by atoms with Gasteiger partial charge in [-0.3, -0.25) is 9.20 Å². The van der Waals surface area contributed by atoms with Crippen molar-refractivity contribution in [1.82, 2.24) is 9.38 Å². The third kappa shape index (κ3) is 2.08. The summed E-state index contributed by atoms with van der Waals surface area (Å²) in [6, 6.07) is 5.75. The molecule has 0 bridgehead atoms. The average Bonchev–Trinajstić information content (AvgIpc) is 2.86. The quantitative estimate of drug-likeness (QED) is 0.803. The number of fused-ring (bicyclic) bond motifs is 1. The minimum absolute atomic E-state index is 0.188. The van der Waals surface area contributed by atoms with Gasteiger partial charge in [0, 0.05) is 26.4 Å². The fraction of sp³-hybridized carbons (Fsp3) is 0.467. The third-order valence-electron chi connectivity index (χ3n) is 4.15. The molecule has 0 radical (unpaired) electrons. The summed E-state index contributed by atoms with van der Waals surface area (Å²) in [7, 11) is 1.75. The highest BCUT2D eigenvalue weighted by molar-refractivity contribution is 5.83. The number of hydrogen-bond acceptors (Lipinski definition) is 4. The summed E-state index contributed by atoms with van der Waals surface area (Å²) in [6.07, 6.45) is 3.99. The predicted octanol–water partition coefficient (Wildman–Crippen LogP) is 2.01. The van der Waals surface area contributed by atoms with Crippen molar-refractivity contribution < 1.29 is 9.53 Å². The highest BCUT2D eigenvalue weighted by atomic mass is 16.5. The van der Waals surface area contributed by atoms with Crippen molar-refractivity contribution in [3.63, 3.8) is 0 Å². The number of rotatable bonds is 3. The molecular formula is C15H19N3O2. The Bertz CT molecular complexity index is 623. The van der Waals surface area contributed by atoms with E-state index in [4.69, 9.17) is 4.74 Å². The molecule has 5 heteroatoms. The summed E-state index contributed by atoms with van der Waals surface area (Å²) >= 11 is 0. The van der Waals surface area contributed by atoms with E-state index in [9.17, 15) is 4.79 Å².